The van der Waals surface area contributed by atoms with E-state index in [9.17, 15) is 14.4 Å². The van der Waals surface area contributed by atoms with Gasteiger partial charge in [-0.2, -0.15) is 5.26 Å². The molecule has 0 radical (unpaired) electrons. The number of carbonyl (C=O) groups excluding carboxylic acids is 1. The first-order chi connectivity index (χ1) is 13.1. The number of nitrogens with zero attached hydrogens (tertiary/aromatic N) is 1. The first kappa shape index (κ1) is 17.0. The van der Waals surface area contributed by atoms with Crippen LogP contribution < -0.4 is 5.73 Å². The molecule has 0 unspecified atom stereocenters. The van der Waals surface area contributed by atoms with Crippen LogP contribution in [0.5, 0.6) is 0 Å². The third-order valence-corrected chi connectivity index (χ3v) is 5.11. The maximum atomic E-state index is 13.8. The molecule has 0 saturated heterocycles. The molecule has 1 heterocycles. The van der Waals surface area contributed by atoms with E-state index in [1.54, 1.807) is 12.1 Å². The molecule has 0 fully saturated rings. The summed E-state index contributed by atoms with van der Waals surface area (Å²) in [6, 6.07) is 17.7. The maximum Gasteiger partial charge on any atom is 0.205 e. The number of rotatable bonds is 2. The van der Waals surface area contributed by atoms with E-state index in [2.05, 4.69) is 0 Å². The number of ether oxygens (including phenoxy) is 1. The maximum absolute atomic E-state index is 13.8. The monoisotopic (exact) mass is 360 g/mol. The molecule has 2 N–H and O–H groups in total. The van der Waals surface area contributed by atoms with Gasteiger partial charge in [-0.05, 0) is 29.2 Å². The second kappa shape index (κ2) is 6.73. The Hall–Kier alpha value is -3.39. The van der Waals surface area contributed by atoms with Crippen molar-refractivity contribution < 1.29 is 13.9 Å². The summed E-state index contributed by atoms with van der Waals surface area (Å²) in [6.45, 7) is 0. The first-order valence-corrected chi connectivity index (χ1v) is 8.72. The van der Waals surface area contributed by atoms with Gasteiger partial charge in [0, 0.05) is 18.4 Å². The van der Waals surface area contributed by atoms with Crippen molar-refractivity contribution in [2.24, 2.45) is 5.73 Å². The molecule has 0 saturated carbocycles. The summed E-state index contributed by atoms with van der Waals surface area (Å²) in [7, 11) is 0. The van der Waals surface area contributed by atoms with Crippen molar-refractivity contribution in [2.75, 3.05) is 0 Å². The molecule has 27 heavy (non-hydrogen) atoms. The summed E-state index contributed by atoms with van der Waals surface area (Å²) in [5.74, 6) is -0.777. The lowest BCUT2D eigenvalue weighted by Gasteiger charge is -2.34. The molecule has 2 aromatic rings. The number of Topliss-reactive ketones (excluding diaryl/α,β-unsaturated/α-hetero) is 1. The minimum atomic E-state index is -0.696. The van der Waals surface area contributed by atoms with Crippen molar-refractivity contribution in [3.8, 4) is 6.07 Å². The molecule has 2 atom stereocenters. The van der Waals surface area contributed by atoms with Crippen molar-refractivity contribution in [3.05, 3.63) is 94.3 Å². The van der Waals surface area contributed by atoms with Gasteiger partial charge in [0.05, 0.1) is 5.92 Å². The van der Waals surface area contributed by atoms with Gasteiger partial charge in [-0.3, -0.25) is 4.79 Å². The van der Waals surface area contributed by atoms with Crippen LogP contribution in [0.3, 0.4) is 0 Å². The number of nitrogens with two attached hydrogens (primary N) is 1. The highest BCUT2D eigenvalue weighted by atomic mass is 19.1. The Morgan fingerprint density at radius 2 is 1.81 bits per heavy atom. The summed E-state index contributed by atoms with van der Waals surface area (Å²) in [5, 5.41) is 9.57. The highest BCUT2D eigenvalue weighted by Gasteiger charge is 2.40. The Morgan fingerprint density at radius 3 is 2.52 bits per heavy atom. The molecule has 0 amide bonds. The SMILES string of the molecule is N#CC1=C(N)OC2=C(C(=O)C[C@@H](c3ccccc3)C2)[C@H]1c1cccc(F)c1. The quantitative estimate of drug-likeness (QED) is 0.877. The molecule has 5 heteroatoms. The van der Waals surface area contributed by atoms with E-state index in [4.69, 9.17) is 10.5 Å². The lowest BCUT2D eigenvalue weighted by Crippen LogP contribution is -2.29. The standard InChI is InChI=1S/C22H17FN2O2/c23-16-8-4-7-14(9-16)20-17(12-24)22(25)27-19-11-15(10-18(26)21(19)20)13-5-2-1-3-6-13/h1-9,15,20H,10-11,25H2/t15-,20+/m1/s1. The van der Waals surface area contributed by atoms with E-state index in [-0.39, 0.29) is 23.2 Å². The van der Waals surface area contributed by atoms with Crippen LogP contribution in [-0.2, 0) is 9.53 Å². The van der Waals surface area contributed by atoms with Crippen molar-refractivity contribution in [2.45, 2.75) is 24.7 Å². The molecule has 1 aliphatic carbocycles. The van der Waals surface area contributed by atoms with Crippen molar-refractivity contribution in [1.82, 2.24) is 0 Å². The van der Waals surface area contributed by atoms with Crippen molar-refractivity contribution in [1.29, 1.82) is 5.26 Å². The van der Waals surface area contributed by atoms with E-state index in [1.165, 1.54) is 12.1 Å². The van der Waals surface area contributed by atoms with Gasteiger partial charge in [-0.25, -0.2) is 4.39 Å². The van der Waals surface area contributed by atoms with Gasteiger partial charge in [0.2, 0.25) is 5.88 Å². The summed E-state index contributed by atoms with van der Waals surface area (Å²) in [4.78, 5) is 13.0. The lowest BCUT2D eigenvalue weighted by atomic mass is 9.73. The number of hydrogen-bond donors (Lipinski definition) is 1. The predicted octanol–water partition coefficient (Wildman–Crippen LogP) is 4.03. The van der Waals surface area contributed by atoms with Crippen LogP contribution in [0, 0.1) is 17.1 Å². The van der Waals surface area contributed by atoms with Crippen LogP contribution in [0.15, 0.2) is 77.4 Å². The van der Waals surface area contributed by atoms with Crippen LogP contribution in [0.25, 0.3) is 0 Å². The minimum absolute atomic E-state index is 0.0120. The van der Waals surface area contributed by atoms with E-state index in [0.717, 1.165) is 5.56 Å². The molecule has 4 nitrogen and oxygen atoms in total. The number of allylic oxidation sites excluding steroid dienone is 3. The molecule has 2 aliphatic rings. The molecule has 1 aliphatic heterocycles. The Labute approximate surface area is 156 Å². The number of benzene rings is 2. The fourth-order valence-corrected chi connectivity index (χ4v) is 3.89. The highest BCUT2D eigenvalue weighted by molar-refractivity contribution is 6.00. The Kier molecular flexibility index (Phi) is 4.25. The van der Waals surface area contributed by atoms with Crippen molar-refractivity contribution >= 4 is 5.78 Å². The molecule has 134 valence electrons. The molecular formula is C22H17FN2O2. The number of nitriles is 1. The first-order valence-electron chi connectivity index (χ1n) is 8.72. The van der Waals surface area contributed by atoms with Crippen LogP contribution >= 0.6 is 0 Å². The number of hydrogen-bond acceptors (Lipinski definition) is 4. The molecule has 0 bridgehead atoms. The third-order valence-electron chi connectivity index (χ3n) is 5.11. The van der Waals surface area contributed by atoms with Crippen LogP contribution in [0.4, 0.5) is 4.39 Å². The zero-order valence-corrected chi connectivity index (χ0v) is 14.5. The van der Waals surface area contributed by atoms with E-state index in [1.807, 2.05) is 36.4 Å². The van der Waals surface area contributed by atoms with Gasteiger partial charge in [0.1, 0.15) is 23.2 Å². The zero-order valence-electron chi connectivity index (χ0n) is 14.5. The molecule has 0 spiro atoms. The minimum Gasteiger partial charge on any atom is -0.444 e. The van der Waals surface area contributed by atoms with Gasteiger partial charge in [0.25, 0.3) is 0 Å². The summed E-state index contributed by atoms with van der Waals surface area (Å²) in [5.41, 5.74) is 8.12. The Balaban J connectivity index is 1.80. The number of halogens is 1. The van der Waals surface area contributed by atoms with E-state index >= 15 is 0 Å². The molecule has 2 aromatic carbocycles. The van der Waals surface area contributed by atoms with Crippen molar-refractivity contribution in [3.63, 3.8) is 0 Å². The molecule has 4 rings (SSSR count). The zero-order chi connectivity index (χ0) is 19.0. The number of carbonyl (C=O) groups is 1. The lowest BCUT2D eigenvalue weighted by molar-refractivity contribution is -0.117. The van der Waals surface area contributed by atoms with Crippen LogP contribution in [0.2, 0.25) is 0 Å². The fraction of sp³-hybridized carbons (Fsp3) is 0.182. The average molecular weight is 360 g/mol. The number of ketones is 1. The molecule has 0 aromatic heterocycles. The Bertz CT molecular complexity index is 1020. The van der Waals surface area contributed by atoms with Crippen LogP contribution in [0.1, 0.15) is 35.8 Å². The summed E-state index contributed by atoms with van der Waals surface area (Å²) in [6.07, 6.45) is 0.826. The Morgan fingerprint density at radius 1 is 1.07 bits per heavy atom. The topological polar surface area (TPSA) is 76.1 Å². The van der Waals surface area contributed by atoms with E-state index in [0.29, 0.717) is 29.7 Å². The van der Waals surface area contributed by atoms with Crippen LogP contribution in [-0.4, -0.2) is 5.78 Å². The summed E-state index contributed by atoms with van der Waals surface area (Å²) < 4.78 is 19.5. The third kappa shape index (κ3) is 3.00. The average Bonchev–Trinajstić information content (AvgIpc) is 2.67. The molecular weight excluding hydrogens is 343 g/mol. The largest absolute Gasteiger partial charge is 0.444 e. The second-order valence-electron chi connectivity index (χ2n) is 6.76. The van der Waals surface area contributed by atoms with Gasteiger partial charge in [0.15, 0.2) is 5.78 Å². The highest BCUT2D eigenvalue weighted by Crippen LogP contribution is 2.46. The van der Waals surface area contributed by atoms with Gasteiger partial charge in [-0.15, -0.1) is 0 Å². The van der Waals surface area contributed by atoms with E-state index < -0.39 is 11.7 Å². The second-order valence-corrected chi connectivity index (χ2v) is 6.76. The summed E-state index contributed by atoms with van der Waals surface area (Å²) >= 11 is 0. The van der Waals surface area contributed by atoms with Gasteiger partial charge in [-0.1, -0.05) is 42.5 Å². The smallest absolute Gasteiger partial charge is 0.205 e. The van der Waals surface area contributed by atoms with Gasteiger partial charge < -0.3 is 10.5 Å². The fourth-order valence-electron chi connectivity index (χ4n) is 3.89. The van der Waals surface area contributed by atoms with Gasteiger partial charge >= 0.3 is 0 Å². The predicted molar refractivity (Wildman–Crippen MR) is 97.5 cm³/mol. The normalized spacial score (nSPS) is 22.1.